The largest absolute Gasteiger partial charge is 0.321 e. The molecule has 0 saturated heterocycles. The number of nitrogens with one attached hydrogen (secondary N) is 1. The van der Waals surface area contributed by atoms with Crippen molar-refractivity contribution in [1.29, 1.82) is 0 Å². The van der Waals surface area contributed by atoms with Crippen molar-refractivity contribution in [3.8, 4) is 0 Å². The van der Waals surface area contributed by atoms with E-state index in [0.717, 1.165) is 57.1 Å². The Morgan fingerprint density at radius 2 is 2.04 bits per heavy atom. The molecule has 0 fully saturated rings. The van der Waals surface area contributed by atoms with E-state index in [1.54, 1.807) is 11.8 Å². The van der Waals surface area contributed by atoms with Crippen molar-refractivity contribution < 1.29 is 9.59 Å². The second-order valence-corrected chi connectivity index (χ2v) is 8.03. The first-order chi connectivity index (χ1) is 13.4. The molecule has 144 valence electrons. The minimum absolute atomic E-state index is 0.0411. The molecule has 2 aromatic heterocycles. The molecule has 0 saturated carbocycles. The smallest absolute Gasteiger partial charge is 0.266 e. The summed E-state index contributed by atoms with van der Waals surface area (Å²) < 4.78 is 0. The van der Waals surface area contributed by atoms with Gasteiger partial charge in [-0.1, -0.05) is 6.92 Å². The highest BCUT2D eigenvalue weighted by molar-refractivity contribution is 7.20. The summed E-state index contributed by atoms with van der Waals surface area (Å²) in [6.45, 7) is 8.20. The maximum absolute atomic E-state index is 12.9. The summed E-state index contributed by atoms with van der Waals surface area (Å²) in [5.41, 5.74) is 4.58. The average molecular weight is 395 g/mol. The molecule has 1 N–H and O–H groups in total. The van der Waals surface area contributed by atoms with Gasteiger partial charge < -0.3 is 10.2 Å². The summed E-state index contributed by atoms with van der Waals surface area (Å²) >= 11 is 1.41. The van der Waals surface area contributed by atoms with E-state index in [9.17, 15) is 9.59 Å². The zero-order chi connectivity index (χ0) is 20.0. The minimum Gasteiger partial charge on any atom is -0.321 e. The van der Waals surface area contributed by atoms with Crippen LogP contribution in [0.1, 0.15) is 46.2 Å². The Bertz CT molecular complexity index is 1120. The summed E-state index contributed by atoms with van der Waals surface area (Å²) in [6, 6.07) is 5.71. The molecule has 6 nitrogen and oxygen atoms in total. The summed E-state index contributed by atoms with van der Waals surface area (Å²) in [6.07, 6.45) is 1.57. The number of aryl methyl sites for hydroxylation is 3. The number of carbonyl (C=O) groups is 2. The summed E-state index contributed by atoms with van der Waals surface area (Å²) in [5.74, 6) is 0.700. The van der Waals surface area contributed by atoms with Crippen molar-refractivity contribution in [2.24, 2.45) is 0 Å². The fourth-order valence-corrected chi connectivity index (χ4v) is 4.91. The highest BCUT2D eigenvalue weighted by Gasteiger charge is 2.23. The van der Waals surface area contributed by atoms with Crippen LogP contribution < -0.4 is 10.2 Å². The second kappa shape index (κ2) is 6.98. The average Bonchev–Trinajstić information content (AvgIpc) is 3.22. The number of nitrogens with zero attached hydrogens (tertiary/aromatic N) is 3. The molecule has 1 aromatic carbocycles. The first-order valence-electron chi connectivity index (χ1n) is 9.38. The predicted molar refractivity (Wildman–Crippen MR) is 112 cm³/mol. The molecule has 1 aliphatic rings. The molecule has 0 atom stereocenters. The van der Waals surface area contributed by atoms with E-state index in [0.29, 0.717) is 11.4 Å². The molecule has 3 aromatic rings. The van der Waals surface area contributed by atoms with Crippen molar-refractivity contribution in [2.75, 3.05) is 16.8 Å². The fraction of sp³-hybridized carbons (Fsp3) is 0.333. The number of hydrogen-bond acceptors (Lipinski definition) is 5. The molecule has 0 aliphatic carbocycles. The van der Waals surface area contributed by atoms with Gasteiger partial charge in [-0.3, -0.25) is 9.59 Å². The first kappa shape index (κ1) is 18.6. The van der Waals surface area contributed by atoms with Crippen LogP contribution in [0.4, 0.5) is 11.4 Å². The first-order valence-corrected chi connectivity index (χ1v) is 10.2. The van der Waals surface area contributed by atoms with Crippen LogP contribution in [0.2, 0.25) is 0 Å². The van der Waals surface area contributed by atoms with E-state index < -0.39 is 0 Å². The minimum atomic E-state index is -0.140. The van der Waals surface area contributed by atoms with Gasteiger partial charge in [0.1, 0.15) is 10.7 Å². The number of amides is 2. The zero-order valence-electron chi connectivity index (χ0n) is 16.4. The van der Waals surface area contributed by atoms with E-state index in [2.05, 4.69) is 15.3 Å². The van der Waals surface area contributed by atoms with Gasteiger partial charge in [-0.15, -0.1) is 11.3 Å². The molecule has 0 spiro atoms. The van der Waals surface area contributed by atoms with Gasteiger partial charge in [0, 0.05) is 42.3 Å². The number of carbonyl (C=O) groups excluding carboxylic acids is 2. The normalized spacial score (nSPS) is 13.1. The van der Waals surface area contributed by atoms with Gasteiger partial charge in [0.15, 0.2) is 0 Å². The molecule has 2 amide bonds. The highest BCUT2D eigenvalue weighted by atomic mass is 32.1. The van der Waals surface area contributed by atoms with Crippen molar-refractivity contribution in [3.63, 3.8) is 0 Å². The Kier molecular flexibility index (Phi) is 4.63. The summed E-state index contributed by atoms with van der Waals surface area (Å²) in [4.78, 5) is 37.0. The van der Waals surface area contributed by atoms with E-state index >= 15 is 0 Å². The Morgan fingerprint density at radius 3 is 2.75 bits per heavy atom. The number of benzene rings is 1. The molecule has 0 unspecified atom stereocenters. The number of fused-ring (bicyclic) bond motifs is 2. The molecule has 4 rings (SSSR count). The molecule has 0 radical (unpaired) electrons. The second-order valence-electron chi connectivity index (χ2n) is 7.03. The number of thiophene rings is 1. The van der Waals surface area contributed by atoms with Crippen LogP contribution in [0.3, 0.4) is 0 Å². The summed E-state index contributed by atoms with van der Waals surface area (Å²) in [7, 11) is 0. The number of rotatable bonds is 3. The van der Waals surface area contributed by atoms with Crippen LogP contribution in [0.5, 0.6) is 0 Å². The van der Waals surface area contributed by atoms with Crippen LogP contribution in [0.15, 0.2) is 18.2 Å². The summed E-state index contributed by atoms with van der Waals surface area (Å²) in [5, 5.41) is 3.97. The van der Waals surface area contributed by atoms with Crippen molar-refractivity contribution in [2.45, 2.75) is 40.5 Å². The van der Waals surface area contributed by atoms with Gasteiger partial charge in [0.25, 0.3) is 5.91 Å². The molecule has 7 heteroatoms. The van der Waals surface area contributed by atoms with Crippen LogP contribution in [-0.2, 0) is 17.6 Å². The van der Waals surface area contributed by atoms with Crippen molar-refractivity contribution >= 4 is 44.7 Å². The lowest BCUT2D eigenvalue weighted by atomic mass is 10.1. The van der Waals surface area contributed by atoms with Crippen molar-refractivity contribution in [1.82, 2.24) is 9.97 Å². The van der Waals surface area contributed by atoms with E-state index in [1.165, 1.54) is 11.3 Å². The van der Waals surface area contributed by atoms with Gasteiger partial charge in [-0.25, -0.2) is 9.97 Å². The zero-order valence-corrected chi connectivity index (χ0v) is 17.2. The van der Waals surface area contributed by atoms with Gasteiger partial charge in [0.2, 0.25) is 5.91 Å². The van der Waals surface area contributed by atoms with E-state index in [1.807, 2.05) is 39.0 Å². The number of anilines is 2. The topological polar surface area (TPSA) is 75.2 Å². The number of aromatic nitrogens is 2. The Hall–Kier alpha value is -2.80. The monoisotopic (exact) mass is 394 g/mol. The lowest BCUT2D eigenvalue weighted by molar-refractivity contribution is -0.116. The van der Waals surface area contributed by atoms with E-state index in [-0.39, 0.29) is 11.8 Å². The van der Waals surface area contributed by atoms with Crippen molar-refractivity contribution in [3.05, 3.63) is 45.7 Å². The Morgan fingerprint density at radius 1 is 1.25 bits per heavy atom. The van der Waals surface area contributed by atoms with Gasteiger partial charge in [-0.2, -0.15) is 0 Å². The third-order valence-electron chi connectivity index (χ3n) is 5.15. The maximum atomic E-state index is 12.9. The lowest BCUT2D eigenvalue weighted by Crippen LogP contribution is -2.25. The molecule has 28 heavy (non-hydrogen) atoms. The predicted octanol–water partition coefficient (Wildman–Crippen LogP) is 4.03. The van der Waals surface area contributed by atoms with Gasteiger partial charge in [-0.05, 0) is 49.6 Å². The SMILES string of the molecule is CCc1nc(C)c2c(C)c(C(=O)Nc3ccc4c(c3)CCN4C(C)=O)sc2n1. The highest BCUT2D eigenvalue weighted by Crippen LogP contribution is 2.33. The molecule has 0 bridgehead atoms. The standard InChI is InChI=1S/C21H22N4O2S/c1-5-17-22-12(3)18-11(2)19(28-21(18)24-17)20(27)23-15-6-7-16-14(10-15)8-9-25(16)13(4)26/h6-7,10H,5,8-9H2,1-4H3,(H,23,27). The lowest BCUT2D eigenvalue weighted by Gasteiger charge is -2.15. The van der Waals surface area contributed by atoms with Crippen LogP contribution >= 0.6 is 11.3 Å². The van der Waals surface area contributed by atoms with Crippen LogP contribution in [0.25, 0.3) is 10.2 Å². The number of hydrogen-bond donors (Lipinski definition) is 1. The quantitative estimate of drug-likeness (QED) is 0.728. The third kappa shape index (κ3) is 3.05. The van der Waals surface area contributed by atoms with E-state index in [4.69, 9.17) is 0 Å². The molecule has 3 heterocycles. The fourth-order valence-electron chi connectivity index (χ4n) is 3.76. The molecule has 1 aliphatic heterocycles. The Balaban J connectivity index is 1.64. The third-order valence-corrected chi connectivity index (χ3v) is 6.34. The molecular formula is C21H22N4O2S. The maximum Gasteiger partial charge on any atom is 0.266 e. The van der Waals surface area contributed by atoms with Crippen LogP contribution in [-0.4, -0.2) is 28.3 Å². The van der Waals surface area contributed by atoms with Gasteiger partial charge in [0.05, 0.1) is 4.88 Å². The Labute approximate surface area is 167 Å². The van der Waals surface area contributed by atoms with Gasteiger partial charge >= 0.3 is 0 Å². The molecular weight excluding hydrogens is 372 g/mol. The van der Waals surface area contributed by atoms with Crippen LogP contribution in [0, 0.1) is 13.8 Å².